The van der Waals surface area contributed by atoms with Crippen molar-refractivity contribution in [3.63, 3.8) is 0 Å². The molecule has 0 radical (unpaired) electrons. The molecule has 2 aromatic rings. The number of rotatable bonds is 4. The van der Waals surface area contributed by atoms with E-state index in [0.717, 1.165) is 24.8 Å². The first-order valence-corrected chi connectivity index (χ1v) is 9.66. The number of carbonyl (C=O) groups excluding carboxylic acids is 2. The van der Waals surface area contributed by atoms with E-state index < -0.39 is 0 Å². The van der Waals surface area contributed by atoms with Crippen LogP contribution in [0.15, 0.2) is 54.7 Å². The van der Waals surface area contributed by atoms with Crippen LogP contribution in [0.3, 0.4) is 0 Å². The molecule has 2 fully saturated rings. The summed E-state index contributed by atoms with van der Waals surface area (Å²) in [5, 5.41) is 0. The zero-order valence-corrected chi connectivity index (χ0v) is 15.3. The number of fused-ring (bicyclic) bond motifs is 2. The molecule has 1 aromatic heterocycles. The highest BCUT2D eigenvalue weighted by molar-refractivity contribution is 5.96. The molecule has 1 aromatic carbocycles. The van der Waals surface area contributed by atoms with Crippen LogP contribution in [0.4, 0.5) is 4.79 Å². The average Bonchev–Trinajstić information content (AvgIpc) is 2.72. The summed E-state index contributed by atoms with van der Waals surface area (Å²) in [5.74, 6) is 0.0400. The van der Waals surface area contributed by atoms with Gasteiger partial charge in [-0.3, -0.25) is 9.78 Å². The van der Waals surface area contributed by atoms with Crippen molar-refractivity contribution in [2.75, 3.05) is 0 Å². The van der Waals surface area contributed by atoms with Gasteiger partial charge >= 0.3 is 6.09 Å². The van der Waals surface area contributed by atoms with Gasteiger partial charge in [0, 0.05) is 24.2 Å². The van der Waals surface area contributed by atoms with Gasteiger partial charge in [-0.2, -0.15) is 0 Å². The minimum Gasteiger partial charge on any atom is -0.445 e. The van der Waals surface area contributed by atoms with Gasteiger partial charge in [0.15, 0.2) is 5.78 Å². The summed E-state index contributed by atoms with van der Waals surface area (Å²) in [7, 11) is 0. The maximum absolute atomic E-state index is 12.8. The molecule has 2 saturated heterocycles. The standard InChI is InChI=1S/C22H24N2O3/c25-21(20-11-4-5-12-23-20)17-13-18-9-6-10-19(14-17)24(18)22(26)27-15-16-7-2-1-3-8-16/h1-5,7-8,11-12,17-19H,6,9-10,13-15H2. The highest BCUT2D eigenvalue weighted by Gasteiger charge is 2.43. The SMILES string of the molecule is O=C(c1ccccn1)C1CC2CCCC(C1)N2C(=O)OCc1ccccc1. The molecule has 0 saturated carbocycles. The minimum absolute atomic E-state index is 0.0617. The molecule has 2 aliphatic heterocycles. The molecule has 5 heteroatoms. The van der Waals surface area contributed by atoms with Crippen molar-refractivity contribution in [3.05, 3.63) is 66.0 Å². The Morgan fingerprint density at radius 2 is 1.70 bits per heavy atom. The average molecular weight is 364 g/mol. The summed E-state index contributed by atoms with van der Waals surface area (Å²) >= 11 is 0. The third-order valence-corrected chi connectivity index (χ3v) is 5.68. The number of carbonyl (C=O) groups is 2. The van der Waals surface area contributed by atoms with Crippen LogP contribution >= 0.6 is 0 Å². The number of ether oxygens (including phenoxy) is 1. The van der Waals surface area contributed by atoms with Crippen molar-refractivity contribution in [2.45, 2.75) is 50.8 Å². The number of piperidine rings is 2. The number of hydrogen-bond donors (Lipinski definition) is 0. The molecule has 140 valence electrons. The lowest BCUT2D eigenvalue weighted by Gasteiger charge is -2.47. The maximum Gasteiger partial charge on any atom is 0.410 e. The van der Waals surface area contributed by atoms with Crippen molar-refractivity contribution in [1.82, 2.24) is 9.88 Å². The molecule has 0 aliphatic carbocycles. The molecule has 27 heavy (non-hydrogen) atoms. The van der Waals surface area contributed by atoms with Gasteiger partial charge in [-0.1, -0.05) is 36.4 Å². The highest BCUT2D eigenvalue weighted by atomic mass is 16.6. The fraction of sp³-hybridized carbons (Fsp3) is 0.409. The van der Waals surface area contributed by atoms with Crippen molar-refractivity contribution in [2.24, 2.45) is 5.92 Å². The first-order chi connectivity index (χ1) is 13.2. The van der Waals surface area contributed by atoms with Crippen LogP contribution < -0.4 is 0 Å². The Morgan fingerprint density at radius 1 is 1.00 bits per heavy atom. The second-order valence-corrected chi connectivity index (χ2v) is 7.43. The Labute approximate surface area is 159 Å². The van der Waals surface area contributed by atoms with Gasteiger partial charge in [-0.15, -0.1) is 0 Å². The molecule has 2 aliphatic rings. The lowest BCUT2D eigenvalue weighted by atomic mass is 9.76. The molecule has 3 heterocycles. The third kappa shape index (κ3) is 3.87. The zero-order chi connectivity index (χ0) is 18.6. The highest BCUT2D eigenvalue weighted by Crippen LogP contribution is 2.38. The van der Waals surface area contributed by atoms with E-state index >= 15 is 0 Å². The number of hydrogen-bond acceptors (Lipinski definition) is 4. The normalized spacial score (nSPS) is 24.3. The van der Waals surface area contributed by atoms with E-state index in [2.05, 4.69) is 4.98 Å². The molecule has 5 nitrogen and oxygen atoms in total. The first-order valence-electron chi connectivity index (χ1n) is 9.66. The lowest BCUT2D eigenvalue weighted by molar-refractivity contribution is 0.00463. The molecule has 2 bridgehead atoms. The van der Waals surface area contributed by atoms with Gasteiger partial charge in [-0.25, -0.2) is 4.79 Å². The number of benzene rings is 1. The summed E-state index contributed by atoms with van der Waals surface area (Å²) in [5.41, 5.74) is 1.51. The van der Waals surface area contributed by atoms with E-state index in [0.29, 0.717) is 18.5 Å². The van der Waals surface area contributed by atoms with Gasteiger partial charge in [-0.05, 0) is 49.8 Å². The van der Waals surface area contributed by atoms with Crippen molar-refractivity contribution >= 4 is 11.9 Å². The molecule has 2 unspecified atom stereocenters. The predicted octanol–water partition coefficient (Wildman–Crippen LogP) is 4.23. The number of nitrogens with zero attached hydrogens (tertiary/aromatic N) is 2. The Kier molecular flexibility index (Phi) is 5.19. The van der Waals surface area contributed by atoms with Crippen molar-refractivity contribution in [3.8, 4) is 0 Å². The van der Waals surface area contributed by atoms with Gasteiger partial charge in [0.25, 0.3) is 0 Å². The predicted molar refractivity (Wildman–Crippen MR) is 101 cm³/mol. The largest absolute Gasteiger partial charge is 0.445 e. The monoisotopic (exact) mass is 364 g/mol. The van der Waals surface area contributed by atoms with E-state index in [4.69, 9.17) is 4.74 Å². The molecule has 0 N–H and O–H groups in total. The van der Waals surface area contributed by atoms with Crippen LogP contribution in [-0.4, -0.2) is 33.8 Å². The summed E-state index contributed by atoms with van der Waals surface area (Å²) in [6.07, 6.45) is 5.77. The van der Waals surface area contributed by atoms with E-state index in [9.17, 15) is 9.59 Å². The van der Waals surface area contributed by atoms with E-state index in [1.165, 1.54) is 0 Å². The number of Topliss-reactive ketones (excluding diaryl/α,β-unsaturated/α-hetero) is 1. The summed E-state index contributed by atoms with van der Waals surface area (Å²) < 4.78 is 5.57. The lowest BCUT2D eigenvalue weighted by Crippen LogP contribution is -2.55. The third-order valence-electron chi connectivity index (χ3n) is 5.68. The van der Waals surface area contributed by atoms with Gasteiger partial charge in [0.05, 0.1) is 0 Å². The summed E-state index contributed by atoms with van der Waals surface area (Å²) in [4.78, 5) is 31.7. The molecule has 2 atom stereocenters. The molecular weight excluding hydrogens is 340 g/mol. The minimum atomic E-state index is -0.253. The van der Waals surface area contributed by atoms with Crippen LogP contribution in [0.1, 0.15) is 48.2 Å². The zero-order valence-electron chi connectivity index (χ0n) is 15.3. The second-order valence-electron chi connectivity index (χ2n) is 7.43. The van der Waals surface area contributed by atoms with Crippen LogP contribution in [0, 0.1) is 5.92 Å². The topological polar surface area (TPSA) is 59.5 Å². The molecule has 4 rings (SSSR count). The van der Waals surface area contributed by atoms with Crippen LogP contribution in [0.5, 0.6) is 0 Å². The first kappa shape index (κ1) is 17.7. The Hall–Kier alpha value is -2.69. The fourth-order valence-corrected chi connectivity index (χ4v) is 4.41. The van der Waals surface area contributed by atoms with E-state index in [1.54, 1.807) is 12.3 Å². The van der Waals surface area contributed by atoms with Gasteiger partial charge in [0.2, 0.25) is 0 Å². The second kappa shape index (κ2) is 7.91. The van der Waals surface area contributed by atoms with E-state index in [1.807, 2.05) is 47.4 Å². The van der Waals surface area contributed by atoms with Crippen molar-refractivity contribution in [1.29, 1.82) is 0 Å². The molecular formula is C22H24N2O3. The summed E-state index contributed by atoms with van der Waals surface area (Å²) in [6, 6.07) is 15.3. The molecule has 0 spiro atoms. The maximum atomic E-state index is 12.8. The number of ketones is 1. The number of pyridine rings is 1. The van der Waals surface area contributed by atoms with Gasteiger partial charge < -0.3 is 9.64 Å². The quantitative estimate of drug-likeness (QED) is 0.762. The van der Waals surface area contributed by atoms with Crippen LogP contribution in [-0.2, 0) is 11.3 Å². The Balaban J connectivity index is 1.42. The van der Waals surface area contributed by atoms with Crippen LogP contribution in [0.2, 0.25) is 0 Å². The van der Waals surface area contributed by atoms with E-state index in [-0.39, 0.29) is 36.5 Å². The van der Waals surface area contributed by atoms with Gasteiger partial charge in [0.1, 0.15) is 12.3 Å². The smallest absolute Gasteiger partial charge is 0.410 e. The Bertz CT molecular complexity index is 780. The number of aromatic nitrogens is 1. The fourth-order valence-electron chi connectivity index (χ4n) is 4.41. The summed E-state index contributed by atoms with van der Waals surface area (Å²) in [6.45, 7) is 0.284. The Morgan fingerprint density at radius 3 is 2.37 bits per heavy atom. The number of amides is 1. The van der Waals surface area contributed by atoms with Crippen LogP contribution in [0.25, 0.3) is 0 Å². The van der Waals surface area contributed by atoms with Crippen molar-refractivity contribution < 1.29 is 14.3 Å². The molecule has 1 amide bonds.